The molecule has 0 aromatic heterocycles. The molecule has 1 amide bonds. The molecule has 1 aliphatic heterocycles. The highest BCUT2D eigenvalue weighted by Crippen LogP contribution is 2.39. The standard InChI is InChI=1S/C25H28ClFN2O2/c1-16-6-4-10-21(27)22(16)25(31)29-15-5-9-20(24(26)30)23(29)17-11-13-19(14-12-17)28-18-7-2-3-8-18/h4,6,10-14,18,20,23,28H,2-3,5,7-9,15H2,1H3. The van der Waals surface area contributed by atoms with Gasteiger partial charge < -0.3 is 10.2 Å². The molecule has 2 aliphatic rings. The average Bonchev–Trinajstić information content (AvgIpc) is 3.26. The van der Waals surface area contributed by atoms with Crippen molar-refractivity contribution in [3.8, 4) is 0 Å². The van der Waals surface area contributed by atoms with E-state index in [1.54, 1.807) is 24.0 Å². The van der Waals surface area contributed by atoms with Crippen LogP contribution in [-0.2, 0) is 4.79 Å². The molecule has 2 unspecified atom stereocenters. The maximum atomic E-state index is 14.5. The Morgan fingerprint density at radius 1 is 1.03 bits per heavy atom. The van der Waals surface area contributed by atoms with E-state index in [1.165, 1.54) is 31.7 Å². The molecule has 1 aliphatic carbocycles. The molecule has 4 rings (SSSR count). The van der Waals surface area contributed by atoms with Crippen molar-refractivity contribution in [3.05, 3.63) is 65.0 Å². The van der Waals surface area contributed by atoms with E-state index < -0.39 is 28.9 Å². The number of nitrogens with one attached hydrogen (secondary N) is 1. The summed E-state index contributed by atoms with van der Waals surface area (Å²) in [5, 5.41) is 3.10. The normalized spacial score (nSPS) is 21.8. The summed E-state index contributed by atoms with van der Waals surface area (Å²) in [6, 6.07) is 12.5. The number of anilines is 1. The smallest absolute Gasteiger partial charge is 0.257 e. The number of carbonyl (C=O) groups excluding carboxylic acids is 2. The van der Waals surface area contributed by atoms with Crippen molar-refractivity contribution in [3.63, 3.8) is 0 Å². The Morgan fingerprint density at radius 2 is 1.74 bits per heavy atom. The minimum absolute atomic E-state index is 0.0645. The molecule has 1 saturated heterocycles. The summed E-state index contributed by atoms with van der Waals surface area (Å²) in [6.07, 6.45) is 6.12. The van der Waals surface area contributed by atoms with Crippen molar-refractivity contribution in [2.75, 3.05) is 11.9 Å². The SMILES string of the molecule is Cc1cccc(F)c1C(=O)N1CCCC(C(=O)Cl)C1c1ccc(NC2CCCC2)cc1. The predicted octanol–water partition coefficient (Wildman–Crippen LogP) is 5.85. The van der Waals surface area contributed by atoms with Crippen molar-refractivity contribution in [2.45, 2.75) is 57.5 Å². The quantitative estimate of drug-likeness (QED) is 0.591. The van der Waals surface area contributed by atoms with E-state index in [0.717, 1.165) is 11.3 Å². The first-order valence-electron chi connectivity index (χ1n) is 11.1. The maximum absolute atomic E-state index is 14.5. The minimum atomic E-state index is -0.542. The molecule has 1 N–H and O–H groups in total. The second kappa shape index (κ2) is 9.39. The number of carbonyl (C=O) groups is 2. The Balaban J connectivity index is 1.65. The van der Waals surface area contributed by atoms with Gasteiger partial charge in [0, 0.05) is 18.3 Å². The third-order valence-corrected chi connectivity index (χ3v) is 6.88. The number of rotatable bonds is 5. The van der Waals surface area contributed by atoms with E-state index in [2.05, 4.69) is 5.32 Å². The fraction of sp³-hybridized carbons (Fsp3) is 0.440. The number of likely N-dealkylation sites (tertiary alicyclic amines) is 1. The highest BCUT2D eigenvalue weighted by atomic mass is 35.5. The van der Waals surface area contributed by atoms with Crippen LogP contribution in [0.1, 0.15) is 66.1 Å². The van der Waals surface area contributed by atoms with Crippen molar-refractivity contribution < 1.29 is 14.0 Å². The van der Waals surface area contributed by atoms with Gasteiger partial charge in [-0.2, -0.15) is 0 Å². The summed E-state index contributed by atoms with van der Waals surface area (Å²) in [5.74, 6) is -1.45. The predicted molar refractivity (Wildman–Crippen MR) is 121 cm³/mol. The summed E-state index contributed by atoms with van der Waals surface area (Å²) >= 11 is 5.96. The van der Waals surface area contributed by atoms with E-state index in [-0.39, 0.29) is 5.56 Å². The van der Waals surface area contributed by atoms with Gasteiger partial charge in [-0.15, -0.1) is 0 Å². The Hall–Kier alpha value is -2.40. The molecular weight excluding hydrogens is 415 g/mol. The largest absolute Gasteiger partial charge is 0.382 e. The minimum Gasteiger partial charge on any atom is -0.382 e. The number of aryl methyl sites for hydroxylation is 1. The molecule has 6 heteroatoms. The summed E-state index contributed by atoms with van der Waals surface area (Å²) in [6.45, 7) is 2.18. The number of amides is 1. The second-order valence-corrected chi connectivity index (χ2v) is 9.05. The van der Waals surface area contributed by atoms with Gasteiger partial charge in [0.25, 0.3) is 5.91 Å². The van der Waals surface area contributed by atoms with Gasteiger partial charge in [0.2, 0.25) is 5.24 Å². The van der Waals surface area contributed by atoms with Gasteiger partial charge in [-0.05, 0) is 73.5 Å². The molecule has 31 heavy (non-hydrogen) atoms. The van der Waals surface area contributed by atoms with E-state index in [9.17, 15) is 14.0 Å². The van der Waals surface area contributed by atoms with Crippen LogP contribution in [0.4, 0.5) is 10.1 Å². The molecule has 0 bridgehead atoms. The van der Waals surface area contributed by atoms with Crippen LogP contribution in [0.2, 0.25) is 0 Å². The van der Waals surface area contributed by atoms with Crippen molar-refractivity contribution in [1.29, 1.82) is 0 Å². The number of benzene rings is 2. The fourth-order valence-corrected chi connectivity index (χ4v) is 5.23. The van der Waals surface area contributed by atoms with Gasteiger partial charge >= 0.3 is 0 Å². The lowest BCUT2D eigenvalue weighted by Gasteiger charge is -2.40. The molecule has 1 saturated carbocycles. The lowest BCUT2D eigenvalue weighted by molar-refractivity contribution is -0.118. The van der Waals surface area contributed by atoms with Gasteiger partial charge in [-0.3, -0.25) is 9.59 Å². The zero-order valence-corrected chi connectivity index (χ0v) is 18.5. The highest BCUT2D eigenvalue weighted by molar-refractivity contribution is 6.64. The van der Waals surface area contributed by atoms with Crippen LogP contribution in [0.5, 0.6) is 0 Å². The van der Waals surface area contributed by atoms with Crippen LogP contribution < -0.4 is 5.32 Å². The number of piperidine rings is 1. The Morgan fingerprint density at radius 3 is 2.39 bits per heavy atom. The molecule has 1 heterocycles. The first-order chi connectivity index (χ1) is 15.0. The molecule has 0 radical (unpaired) electrons. The molecule has 0 spiro atoms. The van der Waals surface area contributed by atoms with Crippen LogP contribution in [0, 0.1) is 18.7 Å². The molecular formula is C25H28ClFN2O2. The van der Waals surface area contributed by atoms with E-state index >= 15 is 0 Å². The molecule has 2 aromatic carbocycles. The summed E-state index contributed by atoms with van der Waals surface area (Å²) in [7, 11) is 0. The highest BCUT2D eigenvalue weighted by Gasteiger charge is 2.39. The van der Waals surface area contributed by atoms with Crippen molar-refractivity contribution in [1.82, 2.24) is 4.90 Å². The number of halogens is 2. The topological polar surface area (TPSA) is 49.4 Å². The average molecular weight is 443 g/mol. The van der Waals surface area contributed by atoms with E-state index in [1.807, 2.05) is 24.3 Å². The number of hydrogen-bond donors (Lipinski definition) is 1. The third kappa shape index (κ3) is 4.62. The molecule has 164 valence electrons. The van der Waals surface area contributed by atoms with Crippen LogP contribution in [0.15, 0.2) is 42.5 Å². The van der Waals surface area contributed by atoms with Gasteiger partial charge in [-0.25, -0.2) is 4.39 Å². The first kappa shape index (κ1) is 21.8. The zero-order valence-electron chi connectivity index (χ0n) is 17.7. The molecule has 2 aromatic rings. The van der Waals surface area contributed by atoms with E-state index in [0.29, 0.717) is 31.0 Å². The Kier molecular flexibility index (Phi) is 6.61. The fourth-order valence-electron chi connectivity index (χ4n) is 5.00. The maximum Gasteiger partial charge on any atom is 0.257 e. The lowest BCUT2D eigenvalue weighted by atomic mass is 9.84. The van der Waals surface area contributed by atoms with Gasteiger partial charge in [0.05, 0.1) is 17.5 Å². The Bertz CT molecular complexity index is 936. The van der Waals surface area contributed by atoms with Crippen LogP contribution >= 0.6 is 11.6 Å². The summed E-state index contributed by atoms with van der Waals surface area (Å²) in [4.78, 5) is 27.3. The third-order valence-electron chi connectivity index (χ3n) is 6.60. The van der Waals surface area contributed by atoms with Crippen LogP contribution in [0.3, 0.4) is 0 Å². The van der Waals surface area contributed by atoms with Crippen molar-refractivity contribution >= 4 is 28.4 Å². The van der Waals surface area contributed by atoms with Gasteiger partial charge in [0.15, 0.2) is 0 Å². The van der Waals surface area contributed by atoms with Crippen molar-refractivity contribution in [2.24, 2.45) is 5.92 Å². The molecule has 2 atom stereocenters. The monoisotopic (exact) mass is 442 g/mol. The summed E-state index contributed by atoms with van der Waals surface area (Å²) in [5.41, 5.74) is 2.52. The second-order valence-electron chi connectivity index (χ2n) is 8.68. The number of hydrogen-bond acceptors (Lipinski definition) is 3. The van der Waals surface area contributed by atoms with Crippen LogP contribution in [-0.4, -0.2) is 28.6 Å². The van der Waals surface area contributed by atoms with Crippen LogP contribution in [0.25, 0.3) is 0 Å². The molecule has 2 fully saturated rings. The van der Waals surface area contributed by atoms with Gasteiger partial charge in [0.1, 0.15) is 5.82 Å². The van der Waals surface area contributed by atoms with Gasteiger partial charge in [-0.1, -0.05) is 37.1 Å². The number of nitrogens with zero attached hydrogens (tertiary/aromatic N) is 1. The van der Waals surface area contributed by atoms with E-state index in [4.69, 9.17) is 11.6 Å². The Labute approximate surface area is 187 Å². The molecule has 4 nitrogen and oxygen atoms in total. The zero-order chi connectivity index (χ0) is 22.0. The first-order valence-corrected chi connectivity index (χ1v) is 11.5. The summed E-state index contributed by atoms with van der Waals surface area (Å²) < 4.78 is 14.5. The lowest BCUT2D eigenvalue weighted by Crippen LogP contribution is -2.44.